The van der Waals surface area contributed by atoms with Gasteiger partial charge in [-0.1, -0.05) is 0 Å². The SMILES string of the molecule is CC(C)(C)OC(=O)N1C=C(B2OC(C)(C)C(C)(C)O2)CC1. The third-order valence-corrected chi connectivity index (χ3v) is 4.15. The van der Waals surface area contributed by atoms with Gasteiger partial charge in [-0.15, -0.1) is 0 Å². The number of carbonyl (C=O) groups is 1. The fourth-order valence-electron chi connectivity index (χ4n) is 2.22. The van der Waals surface area contributed by atoms with Gasteiger partial charge in [-0.25, -0.2) is 4.79 Å². The first kappa shape index (κ1) is 16.4. The molecular formula is C15H26BNO4. The van der Waals surface area contributed by atoms with E-state index in [2.05, 4.69) is 0 Å². The molecular weight excluding hydrogens is 269 g/mol. The molecule has 0 unspecified atom stereocenters. The predicted molar refractivity (Wildman–Crippen MR) is 81.7 cm³/mol. The molecule has 0 saturated carbocycles. The number of nitrogens with zero attached hydrogens (tertiary/aromatic N) is 1. The zero-order valence-electron chi connectivity index (χ0n) is 14.1. The molecule has 118 valence electrons. The molecule has 2 heterocycles. The first-order valence-corrected chi connectivity index (χ1v) is 7.47. The molecule has 2 aliphatic heterocycles. The molecule has 0 radical (unpaired) electrons. The van der Waals surface area contributed by atoms with Crippen molar-refractivity contribution in [3.8, 4) is 0 Å². The molecule has 21 heavy (non-hydrogen) atoms. The van der Waals surface area contributed by atoms with Crippen LogP contribution >= 0.6 is 0 Å². The Hall–Kier alpha value is -1.01. The van der Waals surface area contributed by atoms with E-state index in [9.17, 15) is 4.79 Å². The molecule has 0 aromatic heterocycles. The molecule has 0 aliphatic carbocycles. The topological polar surface area (TPSA) is 48.0 Å². The van der Waals surface area contributed by atoms with E-state index in [0.717, 1.165) is 11.9 Å². The van der Waals surface area contributed by atoms with E-state index in [0.29, 0.717) is 6.54 Å². The van der Waals surface area contributed by atoms with Crippen LogP contribution in [0.15, 0.2) is 11.7 Å². The summed E-state index contributed by atoms with van der Waals surface area (Å²) >= 11 is 0. The molecule has 0 atom stereocenters. The van der Waals surface area contributed by atoms with Crippen molar-refractivity contribution in [2.75, 3.05) is 6.54 Å². The van der Waals surface area contributed by atoms with E-state index < -0.39 is 5.60 Å². The zero-order valence-corrected chi connectivity index (χ0v) is 14.1. The molecule has 0 spiro atoms. The fraction of sp³-hybridized carbons (Fsp3) is 0.800. The van der Waals surface area contributed by atoms with E-state index in [1.165, 1.54) is 0 Å². The Bertz CT molecular complexity index is 449. The number of ether oxygens (including phenoxy) is 1. The normalized spacial score (nSPS) is 24.2. The third kappa shape index (κ3) is 3.43. The van der Waals surface area contributed by atoms with E-state index in [1.807, 2.05) is 48.5 Å². The molecule has 0 aromatic carbocycles. The second kappa shape index (κ2) is 5.02. The van der Waals surface area contributed by atoms with Crippen molar-refractivity contribution in [3.63, 3.8) is 0 Å². The zero-order chi connectivity index (χ0) is 16.1. The van der Waals surface area contributed by atoms with E-state index >= 15 is 0 Å². The Morgan fingerprint density at radius 1 is 1.24 bits per heavy atom. The van der Waals surface area contributed by atoms with Gasteiger partial charge < -0.3 is 14.0 Å². The van der Waals surface area contributed by atoms with Crippen LogP contribution in [-0.2, 0) is 14.0 Å². The molecule has 1 amide bonds. The van der Waals surface area contributed by atoms with Crippen LogP contribution in [0.2, 0.25) is 0 Å². The second-order valence-electron chi connectivity index (χ2n) is 7.72. The average molecular weight is 295 g/mol. The van der Waals surface area contributed by atoms with Crippen LogP contribution in [0.4, 0.5) is 4.79 Å². The first-order valence-electron chi connectivity index (χ1n) is 7.47. The summed E-state index contributed by atoms with van der Waals surface area (Å²) in [5, 5.41) is 0. The molecule has 2 rings (SSSR count). The Kier molecular flexibility index (Phi) is 3.91. The summed E-state index contributed by atoms with van der Waals surface area (Å²) in [5.41, 5.74) is -0.229. The number of carbonyl (C=O) groups excluding carboxylic acids is 1. The number of amides is 1. The minimum Gasteiger partial charge on any atom is -0.443 e. The van der Waals surface area contributed by atoms with Crippen molar-refractivity contribution in [1.29, 1.82) is 0 Å². The van der Waals surface area contributed by atoms with Gasteiger partial charge in [0.15, 0.2) is 0 Å². The van der Waals surface area contributed by atoms with Crippen LogP contribution in [0.3, 0.4) is 0 Å². The highest BCUT2D eigenvalue weighted by molar-refractivity contribution is 6.54. The average Bonchev–Trinajstić information content (AvgIpc) is 2.80. The summed E-state index contributed by atoms with van der Waals surface area (Å²) in [6.07, 6.45) is 2.22. The van der Waals surface area contributed by atoms with Crippen molar-refractivity contribution in [3.05, 3.63) is 11.7 Å². The maximum atomic E-state index is 12.1. The van der Waals surface area contributed by atoms with Gasteiger partial charge >= 0.3 is 13.2 Å². The monoisotopic (exact) mass is 295 g/mol. The van der Waals surface area contributed by atoms with Gasteiger partial charge in [-0.2, -0.15) is 0 Å². The molecule has 2 aliphatic rings. The van der Waals surface area contributed by atoms with Gasteiger partial charge in [0.05, 0.1) is 11.2 Å². The van der Waals surface area contributed by atoms with Crippen LogP contribution < -0.4 is 0 Å². The van der Waals surface area contributed by atoms with Crippen molar-refractivity contribution < 1.29 is 18.8 Å². The Labute approximate surface area is 127 Å². The minimum absolute atomic E-state index is 0.325. The maximum absolute atomic E-state index is 12.1. The van der Waals surface area contributed by atoms with Gasteiger partial charge in [-0.3, -0.25) is 4.90 Å². The van der Waals surface area contributed by atoms with Gasteiger partial charge in [0.2, 0.25) is 0 Å². The lowest BCUT2D eigenvalue weighted by Gasteiger charge is -2.32. The van der Waals surface area contributed by atoms with Crippen molar-refractivity contribution in [1.82, 2.24) is 4.90 Å². The lowest BCUT2D eigenvalue weighted by molar-refractivity contribution is 0.00578. The van der Waals surface area contributed by atoms with Gasteiger partial charge in [0.25, 0.3) is 0 Å². The third-order valence-electron chi connectivity index (χ3n) is 4.15. The van der Waals surface area contributed by atoms with E-state index in [4.69, 9.17) is 14.0 Å². The molecule has 0 N–H and O–H groups in total. The Morgan fingerprint density at radius 2 is 1.76 bits per heavy atom. The molecule has 0 aromatic rings. The summed E-state index contributed by atoms with van der Waals surface area (Å²) in [7, 11) is -0.387. The van der Waals surface area contributed by atoms with Crippen LogP contribution in [-0.4, -0.2) is 41.5 Å². The summed E-state index contributed by atoms with van der Waals surface area (Å²) in [4.78, 5) is 13.6. The minimum atomic E-state index is -0.488. The summed E-state index contributed by atoms with van der Waals surface area (Å²) in [6, 6.07) is 0. The standard InChI is InChI=1S/C15H26BNO4/c1-13(2,3)19-12(18)17-9-8-11(10-17)16-20-14(4,5)15(6,7)21-16/h10H,8-9H2,1-7H3. The van der Waals surface area contributed by atoms with E-state index in [1.54, 1.807) is 11.1 Å². The van der Waals surface area contributed by atoms with Gasteiger partial charge in [0, 0.05) is 12.7 Å². The van der Waals surface area contributed by atoms with Gasteiger partial charge in [-0.05, 0) is 60.4 Å². The van der Waals surface area contributed by atoms with Crippen molar-refractivity contribution in [2.45, 2.75) is 71.7 Å². The second-order valence-corrected chi connectivity index (χ2v) is 7.72. The molecule has 6 heteroatoms. The van der Waals surface area contributed by atoms with Crippen LogP contribution in [0.5, 0.6) is 0 Å². The lowest BCUT2D eigenvalue weighted by atomic mass is 9.78. The van der Waals surface area contributed by atoms with Crippen molar-refractivity contribution >= 4 is 13.2 Å². The first-order chi connectivity index (χ1) is 9.41. The molecule has 5 nitrogen and oxygen atoms in total. The number of rotatable bonds is 1. The Balaban J connectivity index is 2.04. The lowest BCUT2D eigenvalue weighted by Crippen LogP contribution is -2.41. The predicted octanol–water partition coefficient (Wildman–Crippen LogP) is 3.14. The summed E-state index contributed by atoms with van der Waals surface area (Å²) in [6.45, 7) is 14.3. The molecule has 1 saturated heterocycles. The maximum Gasteiger partial charge on any atom is 0.492 e. The summed E-state index contributed by atoms with van der Waals surface area (Å²) in [5.74, 6) is 0. The van der Waals surface area contributed by atoms with Crippen LogP contribution in [0.1, 0.15) is 54.9 Å². The highest BCUT2D eigenvalue weighted by Crippen LogP contribution is 2.39. The largest absolute Gasteiger partial charge is 0.492 e. The highest BCUT2D eigenvalue weighted by Gasteiger charge is 2.53. The molecule has 0 bridgehead atoms. The smallest absolute Gasteiger partial charge is 0.443 e. The molecule has 1 fully saturated rings. The van der Waals surface area contributed by atoms with E-state index in [-0.39, 0.29) is 24.4 Å². The number of hydrogen-bond donors (Lipinski definition) is 0. The number of hydrogen-bond acceptors (Lipinski definition) is 4. The van der Waals surface area contributed by atoms with Gasteiger partial charge in [0.1, 0.15) is 5.60 Å². The van der Waals surface area contributed by atoms with Crippen LogP contribution in [0.25, 0.3) is 0 Å². The summed E-state index contributed by atoms with van der Waals surface area (Å²) < 4.78 is 17.4. The fourth-order valence-corrected chi connectivity index (χ4v) is 2.22. The quantitative estimate of drug-likeness (QED) is 0.697. The highest BCUT2D eigenvalue weighted by atomic mass is 16.7. The van der Waals surface area contributed by atoms with Crippen molar-refractivity contribution in [2.24, 2.45) is 0 Å². The Morgan fingerprint density at radius 3 is 2.24 bits per heavy atom. The van der Waals surface area contributed by atoms with Crippen LogP contribution in [0, 0.1) is 0 Å².